The van der Waals surface area contributed by atoms with Crippen molar-refractivity contribution in [3.05, 3.63) is 35.7 Å². The van der Waals surface area contributed by atoms with Crippen molar-refractivity contribution in [2.24, 2.45) is 0 Å². The topological polar surface area (TPSA) is 54.9 Å². The Bertz CT molecular complexity index is 524. The van der Waals surface area contributed by atoms with Gasteiger partial charge in [0.1, 0.15) is 5.82 Å². The highest BCUT2D eigenvalue weighted by Gasteiger charge is 2.10. The lowest BCUT2D eigenvalue weighted by Crippen LogP contribution is -2.12. The fourth-order valence-corrected chi connectivity index (χ4v) is 2.01. The average molecular weight is 251 g/mol. The normalized spacial score (nSPS) is 10.1. The van der Waals surface area contributed by atoms with Crippen LogP contribution in [0.2, 0.25) is 0 Å². The zero-order valence-corrected chi connectivity index (χ0v) is 10.2. The molecule has 1 aromatic carbocycles. The number of rotatable bonds is 2. The van der Waals surface area contributed by atoms with Gasteiger partial charge in [0, 0.05) is 16.4 Å². The molecule has 82 valence electrons. The number of nitrogens with zero attached hydrogens (tertiary/aromatic N) is 2. The number of carbonyl (C=O) groups excluding carboxylic acids is 1. The molecule has 1 amide bonds. The summed E-state index contributed by atoms with van der Waals surface area (Å²) in [7, 11) is 0. The van der Waals surface area contributed by atoms with E-state index in [1.54, 1.807) is 25.1 Å². The van der Waals surface area contributed by atoms with E-state index in [0.717, 1.165) is 11.5 Å². The van der Waals surface area contributed by atoms with E-state index >= 15 is 0 Å². The van der Waals surface area contributed by atoms with Crippen LogP contribution in [0.1, 0.15) is 16.2 Å². The van der Waals surface area contributed by atoms with Crippen molar-refractivity contribution in [2.45, 2.75) is 11.8 Å². The summed E-state index contributed by atoms with van der Waals surface area (Å²) >= 11 is 5.38. The van der Waals surface area contributed by atoms with Crippen LogP contribution in [0.4, 0.5) is 5.13 Å². The molecule has 0 aliphatic carbocycles. The molecule has 0 radical (unpaired) electrons. The zero-order chi connectivity index (χ0) is 11.5. The van der Waals surface area contributed by atoms with Gasteiger partial charge in [-0.2, -0.15) is 4.37 Å². The number of thiol groups is 1. The molecule has 2 rings (SSSR count). The standard InChI is InChI=1S/C10H9N3OS2/c1-6-11-10(16-13-6)12-9(14)7-4-2-3-5-8(7)15/h2-5,15H,1H3,(H,11,12,13,14). The van der Waals surface area contributed by atoms with Crippen molar-refractivity contribution in [3.8, 4) is 0 Å². The summed E-state index contributed by atoms with van der Waals surface area (Å²) in [6, 6.07) is 7.10. The minimum atomic E-state index is -0.221. The van der Waals surface area contributed by atoms with Crippen LogP contribution < -0.4 is 5.32 Å². The molecular weight excluding hydrogens is 242 g/mol. The number of nitrogens with one attached hydrogen (secondary N) is 1. The van der Waals surface area contributed by atoms with Crippen LogP contribution in [0.3, 0.4) is 0 Å². The maximum atomic E-state index is 11.8. The van der Waals surface area contributed by atoms with Gasteiger partial charge in [0.25, 0.3) is 5.91 Å². The van der Waals surface area contributed by atoms with Gasteiger partial charge in [-0.05, 0) is 19.1 Å². The van der Waals surface area contributed by atoms with Gasteiger partial charge >= 0.3 is 0 Å². The molecule has 0 aliphatic rings. The first-order chi connectivity index (χ1) is 7.66. The second-order valence-corrected chi connectivity index (χ2v) is 4.35. The summed E-state index contributed by atoms with van der Waals surface area (Å²) < 4.78 is 3.98. The first-order valence-corrected chi connectivity index (χ1v) is 5.78. The lowest BCUT2D eigenvalue weighted by molar-refractivity contribution is 0.102. The van der Waals surface area contributed by atoms with E-state index in [1.165, 1.54) is 0 Å². The number of hydrogen-bond donors (Lipinski definition) is 2. The Kier molecular flexibility index (Phi) is 3.21. The number of aromatic nitrogens is 2. The Morgan fingerprint density at radius 1 is 1.44 bits per heavy atom. The van der Waals surface area contributed by atoms with E-state index in [9.17, 15) is 4.79 Å². The molecule has 0 aliphatic heterocycles. The van der Waals surface area contributed by atoms with Gasteiger partial charge < -0.3 is 0 Å². The van der Waals surface area contributed by atoms with Crippen molar-refractivity contribution in [1.29, 1.82) is 0 Å². The van der Waals surface area contributed by atoms with Crippen LogP contribution in [0.25, 0.3) is 0 Å². The highest BCUT2D eigenvalue weighted by Crippen LogP contribution is 2.16. The Balaban J connectivity index is 2.18. The van der Waals surface area contributed by atoms with E-state index < -0.39 is 0 Å². The van der Waals surface area contributed by atoms with E-state index in [4.69, 9.17) is 0 Å². The molecule has 0 fully saturated rings. The predicted molar refractivity (Wildman–Crippen MR) is 66.3 cm³/mol. The van der Waals surface area contributed by atoms with Gasteiger partial charge in [-0.1, -0.05) is 12.1 Å². The molecular formula is C10H9N3OS2. The third-order valence-electron chi connectivity index (χ3n) is 1.90. The summed E-state index contributed by atoms with van der Waals surface area (Å²) in [5.74, 6) is 0.432. The summed E-state index contributed by atoms with van der Waals surface area (Å²) in [6.45, 7) is 1.78. The predicted octanol–water partition coefficient (Wildman–Crippen LogP) is 2.39. The smallest absolute Gasteiger partial charge is 0.258 e. The van der Waals surface area contributed by atoms with Crippen LogP contribution in [0.5, 0.6) is 0 Å². The largest absolute Gasteiger partial charge is 0.297 e. The van der Waals surface area contributed by atoms with Crippen molar-refractivity contribution in [1.82, 2.24) is 9.36 Å². The molecule has 0 saturated carbocycles. The fraction of sp³-hybridized carbons (Fsp3) is 0.100. The third kappa shape index (κ3) is 2.40. The third-order valence-corrected chi connectivity index (χ3v) is 3.01. The van der Waals surface area contributed by atoms with Gasteiger partial charge in [0.2, 0.25) is 5.13 Å². The average Bonchev–Trinajstić information content (AvgIpc) is 2.64. The van der Waals surface area contributed by atoms with Crippen LogP contribution in [0.15, 0.2) is 29.2 Å². The molecule has 1 N–H and O–H groups in total. The Labute approximate surface area is 102 Å². The highest BCUT2D eigenvalue weighted by molar-refractivity contribution is 7.80. The molecule has 0 bridgehead atoms. The molecule has 0 saturated heterocycles. The Morgan fingerprint density at radius 3 is 2.81 bits per heavy atom. The van der Waals surface area contributed by atoms with Crippen LogP contribution >= 0.6 is 24.2 Å². The number of anilines is 1. The van der Waals surface area contributed by atoms with Gasteiger partial charge in [0.15, 0.2) is 0 Å². The van der Waals surface area contributed by atoms with Crippen LogP contribution in [-0.4, -0.2) is 15.3 Å². The molecule has 4 nitrogen and oxygen atoms in total. The van der Waals surface area contributed by atoms with E-state index in [-0.39, 0.29) is 5.91 Å². The molecule has 0 spiro atoms. The lowest BCUT2D eigenvalue weighted by atomic mass is 10.2. The SMILES string of the molecule is Cc1nsc(NC(=O)c2ccccc2S)n1. The quantitative estimate of drug-likeness (QED) is 0.806. The van der Waals surface area contributed by atoms with Crippen LogP contribution in [0, 0.1) is 6.92 Å². The zero-order valence-electron chi connectivity index (χ0n) is 8.47. The maximum absolute atomic E-state index is 11.8. The first kappa shape index (κ1) is 11.1. The maximum Gasteiger partial charge on any atom is 0.258 e. The van der Waals surface area contributed by atoms with Gasteiger partial charge in [-0.25, -0.2) is 4.98 Å². The summed E-state index contributed by atoms with van der Waals surface area (Å²) in [6.07, 6.45) is 0. The lowest BCUT2D eigenvalue weighted by Gasteiger charge is -2.03. The van der Waals surface area contributed by atoms with Crippen molar-refractivity contribution < 1.29 is 4.79 Å². The summed E-state index contributed by atoms with van der Waals surface area (Å²) in [4.78, 5) is 16.5. The minimum Gasteiger partial charge on any atom is -0.297 e. The van der Waals surface area contributed by atoms with Crippen LogP contribution in [-0.2, 0) is 0 Å². The van der Waals surface area contributed by atoms with Gasteiger partial charge in [-0.3, -0.25) is 10.1 Å². The highest BCUT2D eigenvalue weighted by atomic mass is 32.1. The fourth-order valence-electron chi connectivity index (χ4n) is 1.18. The number of hydrogen-bond acceptors (Lipinski definition) is 5. The summed E-state index contributed by atoms with van der Waals surface area (Å²) in [5.41, 5.74) is 0.527. The van der Waals surface area contributed by atoms with Crippen molar-refractivity contribution in [3.63, 3.8) is 0 Å². The second kappa shape index (κ2) is 4.63. The summed E-state index contributed by atoms with van der Waals surface area (Å²) in [5, 5.41) is 3.18. The molecule has 0 atom stereocenters. The minimum absolute atomic E-state index is 0.221. The molecule has 16 heavy (non-hydrogen) atoms. The van der Waals surface area contributed by atoms with E-state index in [1.807, 2.05) is 6.07 Å². The molecule has 1 aromatic heterocycles. The Morgan fingerprint density at radius 2 is 2.19 bits per heavy atom. The number of benzene rings is 1. The number of amides is 1. The molecule has 0 unspecified atom stereocenters. The van der Waals surface area contributed by atoms with Gasteiger partial charge in [-0.15, -0.1) is 12.6 Å². The monoisotopic (exact) mass is 251 g/mol. The number of carbonyl (C=O) groups is 1. The second-order valence-electron chi connectivity index (χ2n) is 3.12. The first-order valence-electron chi connectivity index (χ1n) is 4.56. The van der Waals surface area contributed by atoms with Crippen molar-refractivity contribution in [2.75, 3.05) is 5.32 Å². The molecule has 6 heteroatoms. The molecule has 2 aromatic rings. The molecule has 1 heterocycles. The Hall–Kier alpha value is -1.40. The van der Waals surface area contributed by atoms with Gasteiger partial charge in [0.05, 0.1) is 5.56 Å². The van der Waals surface area contributed by atoms with E-state index in [2.05, 4.69) is 27.3 Å². The van der Waals surface area contributed by atoms with E-state index in [0.29, 0.717) is 21.4 Å². The van der Waals surface area contributed by atoms with Crippen molar-refractivity contribution >= 4 is 35.2 Å². The number of aryl methyl sites for hydroxylation is 1.